The second kappa shape index (κ2) is 15.5. The fourth-order valence-corrected chi connectivity index (χ4v) is 4.29. The number of rotatable bonds is 14. The molecule has 6 heteroatoms. The molecule has 0 fully saturated rings. The number of nitrogens with zero attached hydrogens (tertiary/aromatic N) is 1. The SMILES string of the molecule is CCCCCCCCOC(=O)c1cc(Cl)ccc1C(c1ccccc1)N(CC(C)C)C(=O)OCC. The van der Waals surface area contributed by atoms with E-state index in [4.69, 9.17) is 21.1 Å². The van der Waals surface area contributed by atoms with Crippen molar-refractivity contribution in [3.8, 4) is 0 Å². The second-order valence-electron chi connectivity index (χ2n) is 9.19. The van der Waals surface area contributed by atoms with Crippen LogP contribution in [0.1, 0.15) is 93.7 Å². The van der Waals surface area contributed by atoms with Crippen LogP contribution in [0.5, 0.6) is 0 Å². The molecule has 0 aliphatic rings. The van der Waals surface area contributed by atoms with E-state index in [0.29, 0.717) is 29.3 Å². The van der Waals surface area contributed by atoms with E-state index >= 15 is 0 Å². The molecule has 2 rings (SSSR count). The van der Waals surface area contributed by atoms with E-state index in [2.05, 4.69) is 6.92 Å². The van der Waals surface area contributed by atoms with Crippen molar-refractivity contribution in [3.63, 3.8) is 0 Å². The lowest BCUT2D eigenvalue weighted by Gasteiger charge is -2.34. The van der Waals surface area contributed by atoms with Gasteiger partial charge in [-0.15, -0.1) is 0 Å². The van der Waals surface area contributed by atoms with Crippen LogP contribution in [-0.4, -0.2) is 36.7 Å². The normalized spacial score (nSPS) is 11.8. The van der Waals surface area contributed by atoms with Gasteiger partial charge in [-0.2, -0.15) is 0 Å². The van der Waals surface area contributed by atoms with Crippen molar-refractivity contribution in [2.75, 3.05) is 19.8 Å². The minimum atomic E-state index is -0.522. The molecule has 0 saturated carbocycles. The maximum atomic E-state index is 13.2. The molecule has 0 aliphatic heterocycles. The highest BCUT2D eigenvalue weighted by molar-refractivity contribution is 6.31. The van der Waals surface area contributed by atoms with E-state index in [-0.39, 0.29) is 12.5 Å². The molecular formula is C29H40ClNO4. The summed E-state index contributed by atoms with van der Waals surface area (Å²) in [6, 6.07) is 14.4. The number of ether oxygens (including phenoxy) is 2. The molecule has 0 aromatic heterocycles. The third kappa shape index (κ3) is 9.21. The third-order valence-corrected chi connectivity index (χ3v) is 5.99. The number of carbonyl (C=O) groups excluding carboxylic acids is 2. The fourth-order valence-electron chi connectivity index (χ4n) is 4.12. The Hall–Kier alpha value is -2.53. The van der Waals surface area contributed by atoms with Crippen molar-refractivity contribution >= 4 is 23.7 Å². The molecule has 5 nitrogen and oxygen atoms in total. The van der Waals surface area contributed by atoms with E-state index in [0.717, 1.165) is 24.8 Å². The molecule has 0 saturated heterocycles. The first-order chi connectivity index (χ1) is 16.9. The Morgan fingerprint density at radius 3 is 2.26 bits per heavy atom. The quantitative estimate of drug-likeness (QED) is 0.194. The van der Waals surface area contributed by atoms with Gasteiger partial charge in [0.1, 0.15) is 0 Å². The van der Waals surface area contributed by atoms with Gasteiger partial charge in [0.15, 0.2) is 0 Å². The summed E-state index contributed by atoms with van der Waals surface area (Å²) in [5.74, 6) is -0.230. The zero-order valence-electron chi connectivity index (χ0n) is 21.6. The van der Waals surface area contributed by atoms with E-state index in [1.165, 1.54) is 19.3 Å². The number of hydrogen-bond donors (Lipinski definition) is 0. The highest BCUT2D eigenvalue weighted by atomic mass is 35.5. The Kier molecular flexibility index (Phi) is 12.7. The molecule has 2 aromatic carbocycles. The Morgan fingerprint density at radius 1 is 0.914 bits per heavy atom. The number of halogens is 1. The van der Waals surface area contributed by atoms with E-state index in [9.17, 15) is 9.59 Å². The van der Waals surface area contributed by atoms with Gasteiger partial charge in [-0.1, -0.05) is 101 Å². The first-order valence-electron chi connectivity index (χ1n) is 12.8. The van der Waals surface area contributed by atoms with Crippen LogP contribution in [0.4, 0.5) is 4.79 Å². The summed E-state index contributed by atoms with van der Waals surface area (Å²) >= 11 is 6.31. The monoisotopic (exact) mass is 501 g/mol. The zero-order chi connectivity index (χ0) is 25.6. The smallest absolute Gasteiger partial charge is 0.410 e. The van der Waals surface area contributed by atoms with E-state index in [1.54, 1.807) is 24.0 Å². The molecular weight excluding hydrogens is 462 g/mol. The van der Waals surface area contributed by atoms with Crippen molar-refractivity contribution in [1.82, 2.24) is 4.90 Å². The third-order valence-electron chi connectivity index (χ3n) is 5.75. The number of esters is 1. The van der Waals surface area contributed by atoms with Gasteiger partial charge < -0.3 is 9.47 Å². The van der Waals surface area contributed by atoms with Crippen LogP contribution in [0.25, 0.3) is 0 Å². The van der Waals surface area contributed by atoms with Crippen LogP contribution in [0.2, 0.25) is 5.02 Å². The topological polar surface area (TPSA) is 55.8 Å². The summed E-state index contributed by atoms with van der Waals surface area (Å²) in [6.07, 6.45) is 6.24. The van der Waals surface area contributed by atoms with Gasteiger partial charge in [0.25, 0.3) is 0 Å². The molecule has 192 valence electrons. The number of hydrogen-bond acceptors (Lipinski definition) is 4. The van der Waals surface area contributed by atoms with Gasteiger partial charge in [-0.25, -0.2) is 9.59 Å². The molecule has 1 unspecified atom stereocenters. The van der Waals surface area contributed by atoms with Crippen molar-refractivity contribution in [2.24, 2.45) is 5.92 Å². The molecule has 0 heterocycles. The highest BCUT2D eigenvalue weighted by Crippen LogP contribution is 2.34. The molecule has 1 atom stereocenters. The van der Waals surface area contributed by atoms with E-state index < -0.39 is 18.1 Å². The molecule has 1 amide bonds. The van der Waals surface area contributed by atoms with E-state index in [1.807, 2.05) is 50.2 Å². The second-order valence-corrected chi connectivity index (χ2v) is 9.63. The van der Waals surface area contributed by atoms with Gasteiger partial charge >= 0.3 is 12.1 Å². The van der Waals surface area contributed by atoms with Crippen LogP contribution in [0, 0.1) is 5.92 Å². The van der Waals surface area contributed by atoms with Crippen molar-refractivity contribution in [2.45, 2.75) is 72.3 Å². The van der Waals surface area contributed by atoms with Gasteiger partial charge in [0.2, 0.25) is 0 Å². The van der Waals surface area contributed by atoms with Crippen LogP contribution >= 0.6 is 11.6 Å². The van der Waals surface area contributed by atoms with Crippen LogP contribution in [-0.2, 0) is 9.47 Å². The average Bonchev–Trinajstić information content (AvgIpc) is 2.84. The lowest BCUT2D eigenvalue weighted by Crippen LogP contribution is -2.39. The molecule has 35 heavy (non-hydrogen) atoms. The number of amides is 1. The number of unbranched alkanes of at least 4 members (excludes halogenated alkanes) is 5. The summed E-state index contributed by atoms with van der Waals surface area (Å²) in [5.41, 5.74) is 1.92. The lowest BCUT2D eigenvalue weighted by atomic mass is 9.92. The summed E-state index contributed by atoms with van der Waals surface area (Å²) in [6.45, 7) is 9.17. The highest BCUT2D eigenvalue weighted by Gasteiger charge is 2.32. The summed E-state index contributed by atoms with van der Waals surface area (Å²) in [5, 5.41) is 0.443. The lowest BCUT2D eigenvalue weighted by molar-refractivity contribution is 0.0491. The molecule has 0 aliphatic carbocycles. The predicted molar refractivity (Wildman–Crippen MR) is 142 cm³/mol. The number of benzene rings is 2. The molecule has 0 spiro atoms. The minimum Gasteiger partial charge on any atom is -0.462 e. The van der Waals surface area contributed by atoms with Crippen molar-refractivity contribution in [3.05, 3.63) is 70.2 Å². The standard InChI is InChI=1S/C29H40ClNO4/c1-5-7-8-9-10-14-19-35-28(32)26-20-24(30)17-18-25(26)27(23-15-12-11-13-16-23)31(21-22(3)4)29(33)34-6-2/h11-13,15-18,20,22,27H,5-10,14,19,21H2,1-4H3. The summed E-state index contributed by atoms with van der Waals surface area (Å²) in [7, 11) is 0. The van der Waals surface area contributed by atoms with Gasteiger partial charge in [-0.05, 0) is 42.5 Å². The zero-order valence-corrected chi connectivity index (χ0v) is 22.4. The maximum absolute atomic E-state index is 13.2. The molecule has 0 bridgehead atoms. The van der Waals surface area contributed by atoms with Gasteiger partial charge in [0.05, 0.1) is 24.8 Å². The van der Waals surface area contributed by atoms with Crippen LogP contribution < -0.4 is 0 Å². The van der Waals surface area contributed by atoms with Gasteiger partial charge in [-0.3, -0.25) is 4.90 Å². The van der Waals surface area contributed by atoms with Crippen molar-refractivity contribution in [1.29, 1.82) is 0 Å². The number of carbonyl (C=O) groups is 2. The Balaban J connectivity index is 2.38. The largest absolute Gasteiger partial charge is 0.462 e. The maximum Gasteiger partial charge on any atom is 0.410 e. The fraction of sp³-hybridized carbons (Fsp3) is 0.517. The molecule has 0 radical (unpaired) electrons. The first-order valence-corrected chi connectivity index (χ1v) is 13.2. The average molecular weight is 502 g/mol. The predicted octanol–water partition coefficient (Wildman–Crippen LogP) is 8.06. The summed E-state index contributed by atoms with van der Waals surface area (Å²) in [4.78, 5) is 28.0. The Labute approximate surface area is 215 Å². The van der Waals surface area contributed by atoms with Crippen molar-refractivity contribution < 1.29 is 19.1 Å². The molecule has 2 aromatic rings. The molecule has 0 N–H and O–H groups in total. The first kappa shape index (κ1) is 28.7. The van der Waals surface area contributed by atoms with Gasteiger partial charge in [0, 0.05) is 11.6 Å². The summed E-state index contributed by atoms with van der Waals surface area (Å²) < 4.78 is 11.1. The van der Waals surface area contributed by atoms with Crippen LogP contribution in [0.3, 0.4) is 0 Å². The Bertz CT molecular complexity index is 916. The minimum absolute atomic E-state index is 0.195. The van der Waals surface area contributed by atoms with Crippen LogP contribution in [0.15, 0.2) is 48.5 Å². The Morgan fingerprint density at radius 2 is 1.60 bits per heavy atom.